The third kappa shape index (κ3) is 1.83. The number of hydroxylamine groups is 2. The van der Waals surface area contributed by atoms with Crippen LogP contribution in [0.3, 0.4) is 0 Å². The molecule has 2 rings (SSSR count). The fourth-order valence-corrected chi connectivity index (χ4v) is 1.50. The largest absolute Gasteiger partial charge is 0.384 e. The van der Waals surface area contributed by atoms with Crippen LogP contribution in [-0.2, 0) is 0 Å². The molecule has 1 saturated heterocycles. The van der Waals surface area contributed by atoms with Crippen LogP contribution in [0.2, 0.25) is 0 Å². The van der Waals surface area contributed by atoms with E-state index in [1.165, 1.54) is 0 Å². The highest BCUT2D eigenvalue weighted by Crippen LogP contribution is 2.18. The van der Waals surface area contributed by atoms with Gasteiger partial charge in [-0.15, -0.1) is 5.06 Å². The third-order valence-corrected chi connectivity index (χ3v) is 2.20. The molecular formula is C10H11N3O. The Labute approximate surface area is 82.7 Å². The van der Waals surface area contributed by atoms with Gasteiger partial charge in [0, 0.05) is 18.8 Å². The Morgan fingerprint density at radius 1 is 1.57 bits per heavy atom. The average Bonchev–Trinajstić information content (AvgIpc) is 2.67. The second kappa shape index (κ2) is 4.07. The number of nitriles is 1. The first-order valence-electron chi connectivity index (χ1n) is 4.65. The summed E-state index contributed by atoms with van der Waals surface area (Å²) in [5.74, 6) is 0.551. The van der Waals surface area contributed by atoms with Gasteiger partial charge in [-0.05, 0) is 18.9 Å². The minimum Gasteiger partial charge on any atom is -0.384 e. The molecule has 0 radical (unpaired) electrons. The number of aromatic nitrogens is 1. The van der Waals surface area contributed by atoms with Gasteiger partial charge in [0.1, 0.15) is 6.04 Å². The van der Waals surface area contributed by atoms with Crippen molar-refractivity contribution in [3.05, 3.63) is 24.4 Å². The average molecular weight is 189 g/mol. The Kier molecular flexibility index (Phi) is 2.61. The number of rotatable bonds is 2. The van der Waals surface area contributed by atoms with Crippen molar-refractivity contribution in [2.45, 2.75) is 18.9 Å². The van der Waals surface area contributed by atoms with Crippen LogP contribution in [0.4, 0.5) is 0 Å². The molecule has 1 aromatic rings. The van der Waals surface area contributed by atoms with Crippen molar-refractivity contribution < 1.29 is 4.84 Å². The van der Waals surface area contributed by atoms with Gasteiger partial charge in [0.2, 0.25) is 5.88 Å². The summed E-state index contributed by atoms with van der Waals surface area (Å²) in [5, 5.41) is 10.5. The lowest BCUT2D eigenvalue weighted by atomic mass is 10.2. The minimum absolute atomic E-state index is 0.128. The fourth-order valence-electron chi connectivity index (χ4n) is 1.50. The highest BCUT2D eigenvalue weighted by atomic mass is 16.7. The molecule has 2 heterocycles. The molecule has 1 aliphatic rings. The summed E-state index contributed by atoms with van der Waals surface area (Å²) in [6.07, 6.45) is 3.56. The van der Waals surface area contributed by atoms with E-state index in [4.69, 9.17) is 10.1 Å². The van der Waals surface area contributed by atoms with E-state index < -0.39 is 0 Å². The van der Waals surface area contributed by atoms with Gasteiger partial charge < -0.3 is 4.84 Å². The molecular weight excluding hydrogens is 178 g/mol. The van der Waals surface area contributed by atoms with Gasteiger partial charge >= 0.3 is 0 Å². The number of pyridine rings is 1. The Balaban J connectivity index is 2.01. The molecule has 4 heteroatoms. The van der Waals surface area contributed by atoms with Gasteiger partial charge in [-0.3, -0.25) is 0 Å². The first-order chi connectivity index (χ1) is 6.90. The molecule has 1 atom stereocenters. The van der Waals surface area contributed by atoms with Crippen LogP contribution in [0.1, 0.15) is 12.8 Å². The normalized spacial score (nSPS) is 21.8. The molecule has 1 unspecified atom stereocenters. The van der Waals surface area contributed by atoms with Crippen LogP contribution in [-0.4, -0.2) is 22.6 Å². The summed E-state index contributed by atoms with van der Waals surface area (Å²) in [4.78, 5) is 9.52. The summed E-state index contributed by atoms with van der Waals surface area (Å²) in [7, 11) is 0. The van der Waals surface area contributed by atoms with E-state index >= 15 is 0 Å². The van der Waals surface area contributed by atoms with Gasteiger partial charge in [0.25, 0.3) is 0 Å². The van der Waals surface area contributed by atoms with E-state index in [1.807, 2.05) is 12.1 Å². The molecule has 1 aliphatic heterocycles. The molecule has 72 valence electrons. The molecule has 0 spiro atoms. The first-order valence-corrected chi connectivity index (χ1v) is 4.65. The maximum atomic E-state index is 8.82. The summed E-state index contributed by atoms with van der Waals surface area (Å²) >= 11 is 0. The maximum Gasteiger partial charge on any atom is 0.238 e. The monoisotopic (exact) mass is 189 g/mol. The Morgan fingerprint density at radius 3 is 3.21 bits per heavy atom. The smallest absolute Gasteiger partial charge is 0.238 e. The highest BCUT2D eigenvalue weighted by molar-refractivity contribution is 5.09. The zero-order valence-corrected chi connectivity index (χ0v) is 7.76. The van der Waals surface area contributed by atoms with Crippen LogP contribution in [0, 0.1) is 11.3 Å². The molecule has 0 N–H and O–H groups in total. The molecule has 0 aliphatic carbocycles. The first kappa shape index (κ1) is 8.97. The summed E-state index contributed by atoms with van der Waals surface area (Å²) < 4.78 is 0. The van der Waals surface area contributed by atoms with Crippen LogP contribution in [0.15, 0.2) is 24.4 Å². The van der Waals surface area contributed by atoms with E-state index in [2.05, 4.69) is 11.1 Å². The quantitative estimate of drug-likeness (QED) is 0.704. The Morgan fingerprint density at radius 2 is 2.50 bits per heavy atom. The van der Waals surface area contributed by atoms with Gasteiger partial charge in [-0.25, -0.2) is 4.98 Å². The van der Waals surface area contributed by atoms with Crippen LogP contribution < -0.4 is 4.84 Å². The summed E-state index contributed by atoms with van der Waals surface area (Å²) in [6.45, 7) is 0.800. The molecule has 0 saturated carbocycles. The minimum atomic E-state index is -0.128. The SMILES string of the molecule is N#CC1CCCN1Oc1ccccn1. The lowest BCUT2D eigenvalue weighted by Gasteiger charge is -2.18. The van der Waals surface area contributed by atoms with Crippen LogP contribution in [0.5, 0.6) is 5.88 Å². The van der Waals surface area contributed by atoms with Crippen molar-refractivity contribution in [1.29, 1.82) is 5.26 Å². The van der Waals surface area contributed by atoms with E-state index in [-0.39, 0.29) is 6.04 Å². The lowest BCUT2D eigenvalue weighted by Crippen LogP contribution is -2.31. The van der Waals surface area contributed by atoms with E-state index in [1.54, 1.807) is 17.3 Å². The van der Waals surface area contributed by atoms with Crippen LogP contribution >= 0.6 is 0 Å². The van der Waals surface area contributed by atoms with Crippen LogP contribution in [0.25, 0.3) is 0 Å². The van der Waals surface area contributed by atoms with Crippen molar-refractivity contribution in [2.24, 2.45) is 0 Å². The molecule has 0 amide bonds. The molecule has 0 aromatic carbocycles. The van der Waals surface area contributed by atoms with Gasteiger partial charge in [0.15, 0.2) is 0 Å². The van der Waals surface area contributed by atoms with Gasteiger partial charge in [0.05, 0.1) is 6.07 Å². The molecule has 1 aromatic heterocycles. The maximum absolute atomic E-state index is 8.82. The number of nitrogens with zero attached hydrogens (tertiary/aromatic N) is 3. The number of hydrogen-bond acceptors (Lipinski definition) is 4. The highest BCUT2D eigenvalue weighted by Gasteiger charge is 2.26. The van der Waals surface area contributed by atoms with Crippen molar-refractivity contribution in [1.82, 2.24) is 10.0 Å². The lowest BCUT2D eigenvalue weighted by molar-refractivity contribution is -0.0587. The van der Waals surface area contributed by atoms with E-state index in [0.29, 0.717) is 5.88 Å². The van der Waals surface area contributed by atoms with E-state index in [0.717, 1.165) is 19.4 Å². The fraction of sp³-hybridized carbons (Fsp3) is 0.400. The standard InChI is InChI=1S/C10H11N3O/c11-8-9-4-3-7-13(9)14-10-5-1-2-6-12-10/h1-2,5-6,9H,3-4,7H2. The zero-order valence-electron chi connectivity index (χ0n) is 7.76. The summed E-state index contributed by atoms with van der Waals surface area (Å²) in [6, 6.07) is 7.56. The molecule has 0 bridgehead atoms. The Hall–Kier alpha value is -1.60. The van der Waals surface area contributed by atoms with Crippen molar-refractivity contribution in [2.75, 3.05) is 6.54 Å². The second-order valence-electron chi connectivity index (χ2n) is 3.19. The topological polar surface area (TPSA) is 49.2 Å². The second-order valence-corrected chi connectivity index (χ2v) is 3.19. The van der Waals surface area contributed by atoms with Crippen molar-refractivity contribution >= 4 is 0 Å². The zero-order chi connectivity index (χ0) is 9.80. The van der Waals surface area contributed by atoms with E-state index in [9.17, 15) is 0 Å². The third-order valence-electron chi connectivity index (χ3n) is 2.20. The van der Waals surface area contributed by atoms with Gasteiger partial charge in [-0.1, -0.05) is 6.07 Å². The molecule has 14 heavy (non-hydrogen) atoms. The van der Waals surface area contributed by atoms with Crippen molar-refractivity contribution in [3.8, 4) is 11.9 Å². The number of hydrogen-bond donors (Lipinski definition) is 0. The van der Waals surface area contributed by atoms with Gasteiger partial charge in [-0.2, -0.15) is 5.26 Å². The predicted octanol–water partition coefficient (Wildman–Crippen LogP) is 1.36. The van der Waals surface area contributed by atoms with Crippen molar-refractivity contribution in [3.63, 3.8) is 0 Å². The Bertz CT molecular complexity index is 333. The summed E-state index contributed by atoms with van der Waals surface area (Å²) in [5.41, 5.74) is 0. The predicted molar refractivity (Wildman–Crippen MR) is 50.2 cm³/mol. The molecule has 1 fully saturated rings. The molecule has 4 nitrogen and oxygen atoms in total.